The number of halogens is 1. The Morgan fingerprint density at radius 2 is 1.83 bits per heavy atom. The highest BCUT2D eigenvalue weighted by atomic mass is 35.5. The van der Waals surface area contributed by atoms with Gasteiger partial charge in [0.1, 0.15) is 5.75 Å². The molecule has 18 heavy (non-hydrogen) atoms. The zero-order valence-electron chi connectivity index (χ0n) is 10.2. The van der Waals surface area contributed by atoms with Crippen molar-refractivity contribution in [2.24, 2.45) is 0 Å². The van der Waals surface area contributed by atoms with Crippen LogP contribution in [0.1, 0.15) is 12.5 Å². The molecule has 0 aromatic heterocycles. The van der Waals surface area contributed by atoms with Crippen LogP contribution in [-0.4, -0.2) is 5.97 Å². The van der Waals surface area contributed by atoms with Crippen LogP contribution in [0.4, 0.5) is 0 Å². The van der Waals surface area contributed by atoms with E-state index in [0.717, 1.165) is 16.7 Å². The second-order valence-electron chi connectivity index (χ2n) is 4.07. The van der Waals surface area contributed by atoms with E-state index in [4.69, 9.17) is 16.3 Å². The maximum Gasteiger partial charge on any atom is 0.308 e. The molecule has 2 aromatic rings. The molecule has 2 aromatic carbocycles. The average molecular weight is 261 g/mol. The van der Waals surface area contributed by atoms with Crippen LogP contribution in [0.3, 0.4) is 0 Å². The van der Waals surface area contributed by atoms with Gasteiger partial charge in [0, 0.05) is 23.1 Å². The van der Waals surface area contributed by atoms with E-state index in [2.05, 4.69) is 0 Å². The van der Waals surface area contributed by atoms with E-state index in [9.17, 15) is 4.79 Å². The number of benzene rings is 2. The molecule has 0 amide bonds. The van der Waals surface area contributed by atoms with Gasteiger partial charge in [0.2, 0.25) is 0 Å². The van der Waals surface area contributed by atoms with Crippen molar-refractivity contribution in [3.63, 3.8) is 0 Å². The summed E-state index contributed by atoms with van der Waals surface area (Å²) < 4.78 is 5.24. The first kappa shape index (κ1) is 12.7. The van der Waals surface area contributed by atoms with Crippen molar-refractivity contribution in [3.8, 4) is 16.9 Å². The number of hydrogen-bond acceptors (Lipinski definition) is 2. The number of carbonyl (C=O) groups excluding carboxylic acids is 1. The van der Waals surface area contributed by atoms with Crippen molar-refractivity contribution in [2.75, 3.05) is 0 Å². The van der Waals surface area contributed by atoms with Crippen molar-refractivity contribution >= 4 is 17.6 Å². The SMILES string of the molecule is CC(=O)Oc1cc(C)ccc1-c1ccccc1Cl. The zero-order valence-corrected chi connectivity index (χ0v) is 11.0. The van der Waals surface area contributed by atoms with Gasteiger partial charge in [-0.25, -0.2) is 0 Å². The number of aryl methyl sites for hydroxylation is 1. The average Bonchev–Trinajstić information content (AvgIpc) is 2.30. The summed E-state index contributed by atoms with van der Waals surface area (Å²) >= 11 is 6.17. The van der Waals surface area contributed by atoms with Gasteiger partial charge in [-0.1, -0.05) is 41.9 Å². The molecule has 0 fully saturated rings. The third-order valence-corrected chi connectivity index (χ3v) is 2.88. The van der Waals surface area contributed by atoms with Gasteiger partial charge in [0.15, 0.2) is 0 Å². The summed E-state index contributed by atoms with van der Waals surface area (Å²) in [6.45, 7) is 3.34. The minimum absolute atomic E-state index is 0.339. The number of ether oxygens (including phenoxy) is 1. The molecule has 2 nitrogen and oxygen atoms in total. The van der Waals surface area contributed by atoms with Crippen LogP contribution in [0.25, 0.3) is 11.1 Å². The number of esters is 1. The summed E-state index contributed by atoms with van der Waals surface area (Å²) in [7, 11) is 0. The van der Waals surface area contributed by atoms with Crippen LogP contribution in [-0.2, 0) is 4.79 Å². The molecule has 92 valence electrons. The summed E-state index contributed by atoms with van der Waals surface area (Å²) in [5.74, 6) is 0.199. The Kier molecular flexibility index (Phi) is 3.68. The molecule has 0 aliphatic heterocycles. The summed E-state index contributed by atoms with van der Waals surface area (Å²) in [6, 6.07) is 13.2. The maximum absolute atomic E-state index is 11.1. The van der Waals surface area contributed by atoms with E-state index in [1.807, 2.05) is 49.4 Å². The van der Waals surface area contributed by atoms with E-state index in [1.165, 1.54) is 6.92 Å². The highest BCUT2D eigenvalue weighted by Crippen LogP contribution is 2.35. The second kappa shape index (κ2) is 5.23. The van der Waals surface area contributed by atoms with Crippen molar-refractivity contribution in [1.29, 1.82) is 0 Å². The Bertz CT molecular complexity index is 591. The lowest BCUT2D eigenvalue weighted by Gasteiger charge is -2.11. The topological polar surface area (TPSA) is 26.3 Å². The van der Waals surface area contributed by atoms with Crippen LogP contribution in [0.15, 0.2) is 42.5 Å². The molecular weight excluding hydrogens is 248 g/mol. The lowest BCUT2D eigenvalue weighted by molar-refractivity contribution is -0.131. The van der Waals surface area contributed by atoms with Crippen molar-refractivity contribution < 1.29 is 9.53 Å². The van der Waals surface area contributed by atoms with Gasteiger partial charge in [0.25, 0.3) is 0 Å². The lowest BCUT2D eigenvalue weighted by atomic mass is 10.0. The van der Waals surface area contributed by atoms with E-state index in [1.54, 1.807) is 0 Å². The first-order chi connectivity index (χ1) is 8.58. The molecule has 0 saturated heterocycles. The molecular formula is C15H13ClO2. The largest absolute Gasteiger partial charge is 0.426 e. The van der Waals surface area contributed by atoms with Gasteiger partial charge < -0.3 is 4.74 Å². The Labute approximate surface area is 111 Å². The third kappa shape index (κ3) is 2.71. The van der Waals surface area contributed by atoms with E-state index >= 15 is 0 Å². The molecule has 0 N–H and O–H groups in total. The van der Waals surface area contributed by atoms with Gasteiger partial charge in [0.05, 0.1) is 0 Å². The van der Waals surface area contributed by atoms with Crippen LogP contribution in [0.5, 0.6) is 5.75 Å². The molecule has 0 saturated carbocycles. The number of hydrogen-bond donors (Lipinski definition) is 0. The predicted octanol–water partition coefficient (Wildman–Crippen LogP) is 4.24. The van der Waals surface area contributed by atoms with E-state index in [0.29, 0.717) is 10.8 Å². The van der Waals surface area contributed by atoms with Crippen LogP contribution < -0.4 is 4.74 Å². The Morgan fingerprint density at radius 3 is 2.50 bits per heavy atom. The van der Waals surface area contributed by atoms with Gasteiger partial charge in [-0.2, -0.15) is 0 Å². The molecule has 0 unspecified atom stereocenters. The number of rotatable bonds is 2. The minimum atomic E-state index is -0.339. The summed E-state index contributed by atoms with van der Waals surface area (Å²) in [5, 5.41) is 0.634. The standard InChI is InChI=1S/C15H13ClO2/c1-10-7-8-13(15(9-10)18-11(2)17)12-5-3-4-6-14(12)16/h3-9H,1-2H3. The fraction of sp³-hybridized carbons (Fsp3) is 0.133. The molecule has 0 radical (unpaired) electrons. The summed E-state index contributed by atoms with van der Waals surface area (Å²) in [5.41, 5.74) is 2.71. The van der Waals surface area contributed by atoms with Gasteiger partial charge in [-0.3, -0.25) is 4.79 Å². The second-order valence-corrected chi connectivity index (χ2v) is 4.48. The number of carbonyl (C=O) groups is 1. The fourth-order valence-corrected chi connectivity index (χ4v) is 2.01. The minimum Gasteiger partial charge on any atom is -0.426 e. The highest BCUT2D eigenvalue weighted by molar-refractivity contribution is 6.33. The Balaban J connectivity index is 2.57. The smallest absolute Gasteiger partial charge is 0.308 e. The van der Waals surface area contributed by atoms with Crippen LogP contribution in [0, 0.1) is 6.92 Å². The van der Waals surface area contributed by atoms with Gasteiger partial charge >= 0.3 is 5.97 Å². The molecule has 3 heteroatoms. The molecule has 2 rings (SSSR count). The van der Waals surface area contributed by atoms with Gasteiger partial charge in [-0.15, -0.1) is 0 Å². The lowest BCUT2D eigenvalue weighted by Crippen LogP contribution is -2.03. The normalized spacial score (nSPS) is 10.2. The van der Waals surface area contributed by atoms with Crippen molar-refractivity contribution in [3.05, 3.63) is 53.1 Å². The van der Waals surface area contributed by atoms with Crippen LogP contribution >= 0.6 is 11.6 Å². The van der Waals surface area contributed by atoms with Crippen LogP contribution in [0.2, 0.25) is 5.02 Å². The van der Waals surface area contributed by atoms with E-state index < -0.39 is 0 Å². The molecule has 0 heterocycles. The van der Waals surface area contributed by atoms with Crippen molar-refractivity contribution in [1.82, 2.24) is 0 Å². The molecule has 0 atom stereocenters. The summed E-state index contributed by atoms with van der Waals surface area (Å²) in [6.07, 6.45) is 0. The van der Waals surface area contributed by atoms with Crippen molar-refractivity contribution in [2.45, 2.75) is 13.8 Å². The Hall–Kier alpha value is -1.80. The fourth-order valence-electron chi connectivity index (χ4n) is 1.77. The predicted molar refractivity (Wildman–Crippen MR) is 72.9 cm³/mol. The molecule has 0 bridgehead atoms. The summed E-state index contributed by atoms with van der Waals surface area (Å²) in [4.78, 5) is 11.1. The quantitative estimate of drug-likeness (QED) is 0.596. The zero-order chi connectivity index (χ0) is 13.1. The monoisotopic (exact) mass is 260 g/mol. The molecule has 0 aliphatic rings. The first-order valence-corrected chi connectivity index (χ1v) is 5.99. The molecule has 0 spiro atoms. The Morgan fingerprint density at radius 1 is 1.11 bits per heavy atom. The van der Waals surface area contributed by atoms with E-state index in [-0.39, 0.29) is 5.97 Å². The first-order valence-electron chi connectivity index (χ1n) is 5.62. The highest BCUT2D eigenvalue weighted by Gasteiger charge is 2.11. The van der Waals surface area contributed by atoms with Gasteiger partial charge in [-0.05, 0) is 24.6 Å². The molecule has 0 aliphatic carbocycles. The maximum atomic E-state index is 11.1. The third-order valence-electron chi connectivity index (χ3n) is 2.55.